The van der Waals surface area contributed by atoms with Crippen LogP contribution in [0.1, 0.15) is 11.3 Å². The molecule has 1 aliphatic rings. The number of hydrogen-bond donors (Lipinski definition) is 1. The molecule has 1 saturated heterocycles. The summed E-state index contributed by atoms with van der Waals surface area (Å²) in [5.41, 5.74) is 9.77. The van der Waals surface area contributed by atoms with Crippen LogP contribution in [0.2, 0.25) is 0 Å². The first-order valence-corrected chi connectivity index (χ1v) is 11.0. The van der Waals surface area contributed by atoms with Crippen LogP contribution in [0.3, 0.4) is 0 Å². The summed E-state index contributed by atoms with van der Waals surface area (Å²) in [5, 5.41) is 0. The van der Waals surface area contributed by atoms with Crippen LogP contribution in [-0.2, 0) is 17.9 Å². The van der Waals surface area contributed by atoms with E-state index in [4.69, 9.17) is 10.7 Å². The Morgan fingerprint density at radius 2 is 1.84 bits per heavy atom. The third kappa shape index (κ3) is 5.49. The van der Waals surface area contributed by atoms with Crippen molar-refractivity contribution < 1.29 is 4.79 Å². The van der Waals surface area contributed by atoms with Crippen LogP contribution in [-0.4, -0.2) is 65.4 Å². The number of piperazine rings is 1. The van der Waals surface area contributed by atoms with Gasteiger partial charge in [-0.1, -0.05) is 30.3 Å². The van der Waals surface area contributed by atoms with Crippen molar-refractivity contribution in [2.45, 2.75) is 13.1 Å². The Morgan fingerprint density at radius 1 is 1.00 bits per heavy atom. The lowest BCUT2D eigenvalue weighted by Crippen LogP contribution is -2.46. The van der Waals surface area contributed by atoms with Crippen LogP contribution in [0.15, 0.2) is 67.0 Å². The Bertz CT molecular complexity index is 1020. The lowest BCUT2D eigenvalue weighted by atomic mass is 10.0. The maximum absolute atomic E-state index is 11.7. The fourth-order valence-electron chi connectivity index (χ4n) is 3.96. The third-order valence-corrected chi connectivity index (χ3v) is 5.84. The van der Waals surface area contributed by atoms with Gasteiger partial charge in [-0.15, -0.1) is 0 Å². The third-order valence-electron chi connectivity index (χ3n) is 5.84. The van der Waals surface area contributed by atoms with Gasteiger partial charge >= 0.3 is 0 Å². The van der Waals surface area contributed by atoms with Gasteiger partial charge in [0.25, 0.3) is 0 Å². The van der Waals surface area contributed by atoms with Crippen LogP contribution >= 0.6 is 0 Å². The van der Waals surface area contributed by atoms with E-state index in [9.17, 15) is 4.79 Å². The largest absolute Gasteiger partial charge is 0.354 e. The highest BCUT2D eigenvalue weighted by Crippen LogP contribution is 2.21. The smallest absolute Gasteiger partial charge is 0.236 e. The first kappa shape index (κ1) is 21.9. The molecule has 2 N–H and O–H groups in total. The van der Waals surface area contributed by atoms with Crippen molar-refractivity contribution in [1.29, 1.82) is 0 Å². The van der Waals surface area contributed by atoms with E-state index in [2.05, 4.69) is 45.1 Å². The zero-order valence-corrected chi connectivity index (χ0v) is 18.5. The van der Waals surface area contributed by atoms with Crippen molar-refractivity contribution in [3.63, 3.8) is 0 Å². The van der Waals surface area contributed by atoms with Crippen LogP contribution in [0, 0.1) is 0 Å². The molecule has 0 aliphatic carbocycles. The number of aromatic nitrogens is 2. The second-order valence-electron chi connectivity index (χ2n) is 8.14. The number of nitrogens with two attached hydrogens (primary N) is 1. The summed E-state index contributed by atoms with van der Waals surface area (Å²) < 4.78 is 0. The molecule has 1 aliphatic heterocycles. The maximum Gasteiger partial charge on any atom is 0.236 e. The van der Waals surface area contributed by atoms with Crippen LogP contribution in [0.5, 0.6) is 0 Å². The van der Waals surface area contributed by atoms with E-state index in [0.29, 0.717) is 6.54 Å². The molecule has 0 atom stereocenters. The van der Waals surface area contributed by atoms with Gasteiger partial charge in [-0.2, -0.15) is 0 Å². The average molecular weight is 431 g/mol. The van der Waals surface area contributed by atoms with E-state index in [1.54, 1.807) is 11.9 Å². The monoisotopic (exact) mass is 430 g/mol. The molecule has 3 aromatic rings. The minimum atomic E-state index is -0.0673. The molecule has 1 fully saturated rings. The molecular weight excluding hydrogens is 400 g/mol. The van der Waals surface area contributed by atoms with Gasteiger partial charge in [-0.25, -0.2) is 4.98 Å². The molecule has 32 heavy (non-hydrogen) atoms. The molecule has 1 amide bonds. The summed E-state index contributed by atoms with van der Waals surface area (Å²) in [7, 11) is 1.77. The van der Waals surface area contributed by atoms with E-state index in [0.717, 1.165) is 60.9 Å². The van der Waals surface area contributed by atoms with Gasteiger partial charge in [-0.05, 0) is 35.4 Å². The second kappa shape index (κ2) is 10.3. The van der Waals surface area contributed by atoms with Gasteiger partial charge in [0.2, 0.25) is 5.91 Å². The Morgan fingerprint density at radius 3 is 2.53 bits per heavy atom. The number of nitrogens with zero attached hydrogens (tertiary/aromatic N) is 5. The summed E-state index contributed by atoms with van der Waals surface area (Å²) in [6, 6.07) is 18.5. The zero-order valence-electron chi connectivity index (χ0n) is 18.5. The molecule has 2 aromatic heterocycles. The molecule has 7 heteroatoms. The fraction of sp³-hybridized carbons (Fsp3) is 0.320. The quantitative estimate of drug-likeness (QED) is 0.620. The molecule has 4 rings (SSSR count). The summed E-state index contributed by atoms with van der Waals surface area (Å²) >= 11 is 0. The van der Waals surface area contributed by atoms with Crippen molar-refractivity contribution >= 4 is 11.7 Å². The highest BCUT2D eigenvalue weighted by atomic mass is 16.2. The molecule has 0 unspecified atom stereocenters. The number of carbonyl (C=O) groups is 1. The molecular formula is C25H30N6O. The maximum atomic E-state index is 11.7. The Kier molecular flexibility index (Phi) is 7.09. The van der Waals surface area contributed by atoms with Crippen molar-refractivity contribution in [2.75, 3.05) is 44.7 Å². The SMILES string of the molecule is CN(Cc1cccc(-c2ccc(CN3CCN(c4ccccn4)CC3)nc2)c1)C(=O)CN. The summed E-state index contributed by atoms with van der Waals surface area (Å²) in [5.74, 6) is 0.984. The van der Waals surface area contributed by atoms with Crippen molar-refractivity contribution in [1.82, 2.24) is 19.8 Å². The van der Waals surface area contributed by atoms with Crippen LogP contribution in [0.4, 0.5) is 5.82 Å². The first-order valence-electron chi connectivity index (χ1n) is 11.0. The number of carbonyl (C=O) groups excluding carboxylic acids is 1. The number of hydrogen-bond acceptors (Lipinski definition) is 6. The number of benzene rings is 1. The number of amides is 1. The normalized spacial score (nSPS) is 14.4. The van der Waals surface area contributed by atoms with Crippen molar-refractivity contribution in [2.24, 2.45) is 5.73 Å². The van der Waals surface area contributed by atoms with E-state index in [1.807, 2.05) is 36.7 Å². The number of pyridine rings is 2. The summed E-state index contributed by atoms with van der Waals surface area (Å²) in [6.45, 7) is 5.36. The summed E-state index contributed by atoms with van der Waals surface area (Å²) in [6.07, 6.45) is 3.79. The Labute approximate surface area is 189 Å². The minimum Gasteiger partial charge on any atom is -0.354 e. The van der Waals surface area contributed by atoms with Gasteiger partial charge in [0, 0.05) is 64.3 Å². The topological polar surface area (TPSA) is 78.6 Å². The predicted octanol–water partition coefficient (Wildman–Crippen LogP) is 2.38. The molecule has 0 spiro atoms. The van der Waals surface area contributed by atoms with E-state index >= 15 is 0 Å². The van der Waals surface area contributed by atoms with Crippen molar-refractivity contribution in [3.05, 3.63) is 78.2 Å². The van der Waals surface area contributed by atoms with Crippen LogP contribution < -0.4 is 10.6 Å². The average Bonchev–Trinajstić information content (AvgIpc) is 2.85. The van der Waals surface area contributed by atoms with Crippen molar-refractivity contribution in [3.8, 4) is 11.1 Å². The van der Waals surface area contributed by atoms with Gasteiger partial charge in [0.1, 0.15) is 5.82 Å². The van der Waals surface area contributed by atoms with Gasteiger partial charge in [0.15, 0.2) is 0 Å². The number of likely N-dealkylation sites (N-methyl/N-ethyl adjacent to an activating group) is 1. The fourth-order valence-corrected chi connectivity index (χ4v) is 3.96. The van der Waals surface area contributed by atoms with Gasteiger partial charge in [-0.3, -0.25) is 14.7 Å². The Balaban J connectivity index is 1.34. The second-order valence-corrected chi connectivity index (χ2v) is 8.14. The standard InChI is InChI=1S/C25H30N6O/c1-29(25(32)16-26)18-20-5-4-6-21(15-20)22-8-9-23(28-17-22)19-30-11-13-31(14-12-30)24-7-2-3-10-27-24/h2-10,15,17H,11-14,16,18-19,26H2,1H3. The highest BCUT2D eigenvalue weighted by Gasteiger charge is 2.18. The van der Waals surface area contributed by atoms with E-state index in [-0.39, 0.29) is 12.5 Å². The lowest BCUT2D eigenvalue weighted by molar-refractivity contribution is -0.128. The van der Waals surface area contributed by atoms with E-state index < -0.39 is 0 Å². The van der Waals surface area contributed by atoms with Gasteiger partial charge < -0.3 is 15.5 Å². The van der Waals surface area contributed by atoms with Gasteiger partial charge in [0.05, 0.1) is 12.2 Å². The molecule has 7 nitrogen and oxygen atoms in total. The highest BCUT2D eigenvalue weighted by molar-refractivity contribution is 5.77. The molecule has 0 radical (unpaired) electrons. The molecule has 0 bridgehead atoms. The first-order chi connectivity index (χ1) is 15.6. The van der Waals surface area contributed by atoms with Crippen LogP contribution in [0.25, 0.3) is 11.1 Å². The van der Waals surface area contributed by atoms with E-state index in [1.165, 1.54) is 0 Å². The predicted molar refractivity (Wildman–Crippen MR) is 127 cm³/mol. The summed E-state index contributed by atoms with van der Waals surface area (Å²) in [4.78, 5) is 27.3. The number of rotatable bonds is 7. The molecule has 3 heterocycles. The lowest BCUT2D eigenvalue weighted by Gasteiger charge is -2.35. The Hall–Kier alpha value is -3.29. The number of anilines is 1. The molecule has 166 valence electrons. The molecule has 1 aromatic carbocycles. The molecule has 0 saturated carbocycles. The minimum absolute atomic E-state index is 0.0275. The zero-order chi connectivity index (χ0) is 22.3.